The zero-order chi connectivity index (χ0) is 17.3. The molecule has 0 bridgehead atoms. The van der Waals surface area contributed by atoms with E-state index < -0.39 is 0 Å². The summed E-state index contributed by atoms with van der Waals surface area (Å²) in [6.07, 6.45) is 1.78. The molecule has 7 nitrogen and oxygen atoms in total. The number of H-pyrrole nitrogens is 1. The summed E-state index contributed by atoms with van der Waals surface area (Å²) >= 11 is 0. The van der Waals surface area contributed by atoms with Gasteiger partial charge in [-0.2, -0.15) is 5.10 Å². The summed E-state index contributed by atoms with van der Waals surface area (Å²) in [5.74, 6) is 1.04. The van der Waals surface area contributed by atoms with Gasteiger partial charge in [-0.1, -0.05) is 13.8 Å². The maximum Gasteiger partial charge on any atom is 0.272 e. The van der Waals surface area contributed by atoms with Crippen LogP contribution in [0.25, 0.3) is 0 Å². The summed E-state index contributed by atoms with van der Waals surface area (Å²) in [5.41, 5.74) is 2.55. The van der Waals surface area contributed by atoms with E-state index in [0.717, 1.165) is 17.2 Å². The molecule has 0 unspecified atom stereocenters. The van der Waals surface area contributed by atoms with Crippen molar-refractivity contribution >= 4 is 5.91 Å². The molecule has 2 aromatic rings. The van der Waals surface area contributed by atoms with Gasteiger partial charge in [-0.3, -0.25) is 9.48 Å². The fraction of sp³-hybridized carbons (Fsp3) is 0.588. The lowest BCUT2D eigenvalue weighted by atomic mass is 10.1. The topological polar surface area (TPSA) is 76.0 Å². The largest absolute Gasteiger partial charge is 0.377 e. The van der Waals surface area contributed by atoms with Crippen molar-refractivity contribution in [2.45, 2.75) is 46.2 Å². The van der Waals surface area contributed by atoms with Crippen LogP contribution in [0.5, 0.6) is 0 Å². The second-order valence-electron chi connectivity index (χ2n) is 6.47. The molecule has 0 aliphatic carbocycles. The minimum atomic E-state index is -0.192. The Bertz CT molecular complexity index is 718. The quantitative estimate of drug-likeness (QED) is 0.932. The summed E-state index contributed by atoms with van der Waals surface area (Å²) in [4.78, 5) is 22.6. The van der Waals surface area contributed by atoms with Gasteiger partial charge in [-0.05, 0) is 25.8 Å². The average molecular weight is 331 g/mol. The van der Waals surface area contributed by atoms with Crippen LogP contribution in [0.15, 0.2) is 12.3 Å². The van der Waals surface area contributed by atoms with E-state index in [1.165, 1.54) is 0 Å². The normalized spacial score (nSPS) is 18.4. The second kappa shape index (κ2) is 6.76. The van der Waals surface area contributed by atoms with E-state index in [4.69, 9.17) is 4.74 Å². The summed E-state index contributed by atoms with van der Waals surface area (Å²) in [5, 5.41) is 4.56. The molecule has 1 atom stereocenters. The summed E-state index contributed by atoms with van der Waals surface area (Å²) in [7, 11) is 0. The summed E-state index contributed by atoms with van der Waals surface area (Å²) in [6.45, 7) is 10.3. The van der Waals surface area contributed by atoms with Crippen LogP contribution >= 0.6 is 0 Å². The Morgan fingerprint density at radius 2 is 2.29 bits per heavy atom. The number of morpholine rings is 1. The fourth-order valence-electron chi connectivity index (χ4n) is 2.95. The number of imidazole rings is 1. The second-order valence-corrected chi connectivity index (χ2v) is 6.47. The number of nitrogens with zero attached hydrogens (tertiary/aromatic N) is 4. The van der Waals surface area contributed by atoms with E-state index >= 15 is 0 Å². The maximum atomic E-state index is 13.2. The van der Waals surface area contributed by atoms with Crippen LogP contribution in [0, 0.1) is 6.92 Å². The van der Waals surface area contributed by atoms with Crippen molar-refractivity contribution in [1.82, 2.24) is 24.6 Å². The lowest BCUT2D eigenvalue weighted by Crippen LogP contribution is -2.44. The molecule has 0 radical (unpaired) electrons. The first-order valence-electron chi connectivity index (χ1n) is 8.49. The molecular formula is C17H25N5O2. The Balaban J connectivity index is 1.92. The van der Waals surface area contributed by atoms with E-state index in [1.54, 1.807) is 10.9 Å². The molecular weight excluding hydrogens is 306 g/mol. The number of aryl methyl sites for hydroxylation is 2. The smallest absolute Gasteiger partial charge is 0.272 e. The highest BCUT2D eigenvalue weighted by Gasteiger charge is 2.33. The van der Waals surface area contributed by atoms with Gasteiger partial charge in [-0.15, -0.1) is 0 Å². The number of hydrogen-bond acceptors (Lipinski definition) is 4. The van der Waals surface area contributed by atoms with Crippen LogP contribution in [0.2, 0.25) is 0 Å². The van der Waals surface area contributed by atoms with Gasteiger partial charge >= 0.3 is 0 Å². The minimum absolute atomic E-state index is 0.0152. The number of ether oxygens (including phenoxy) is 1. The first kappa shape index (κ1) is 16.7. The number of carbonyl (C=O) groups is 1. The molecule has 0 spiro atoms. The molecule has 1 aliphatic heterocycles. The van der Waals surface area contributed by atoms with Crippen molar-refractivity contribution in [3.63, 3.8) is 0 Å². The molecule has 3 heterocycles. The third-order valence-corrected chi connectivity index (χ3v) is 4.34. The van der Waals surface area contributed by atoms with Crippen molar-refractivity contribution in [1.29, 1.82) is 0 Å². The predicted octanol–water partition coefficient (Wildman–Crippen LogP) is 2.27. The van der Waals surface area contributed by atoms with Gasteiger partial charge in [0.15, 0.2) is 0 Å². The van der Waals surface area contributed by atoms with E-state index in [2.05, 4.69) is 28.9 Å². The van der Waals surface area contributed by atoms with Gasteiger partial charge in [0, 0.05) is 25.0 Å². The van der Waals surface area contributed by atoms with Crippen LogP contribution in [0.4, 0.5) is 0 Å². The molecule has 1 fully saturated rings. The van der Waals surface area contributed by atoms with Crippen LogP contribution in [0.1, 0.15) is 60.4 Å². The van der Waals surface area contributed by atoms with Crippen molar-refractivity contribution in [3.05, 3.63) is 35.2 Å². The van der Waals surface area contributed by atoms with Crippen molar-refractivity contribution in [2.24, 2.45) is 0 Å². The number of amides is 1. The van der Waals surface area contributed by atoms with E-state index in [9.17, 15) is 4.79 Å². The number of carbonyl (C=O) groups excluding carboxylic acids is 1. The average Bonchev–Trinajstić information content (AvgIpc) is 3.20. The zero-order valence-electron chi connectivity index (χ0n) is 14.7. The Morgan fingerprint density at radius 3 is 2.92 bits per heavy atom. The number of hydrogen-bond donors (Lipinski definition) is 1. The Labute approximate surface area is 142 Å². The van der Waals surface area contributed by atoms with Crippen molar-refractivity contribution in [2.75, 3.05) is 19.8 Å². The van der Waals surface area contributed by atoms with Crippen LogP contribution < -0.4 is 0 Å². The Morgan fingerprint density at radius 1 is 1.50 bits per heavy atom. The molecule has 1 amide bonds. The SMILES string of the molecule is CCn1nc(C(C)C)cc1C(=O)N1CCOC[C@H]1c1ncc(C)[nH]1. The molecule has 7 heteroatoms. The van der Waals surface area contributed by atoms with Crippen molar-refractivity contribution < 1.29 is 9.53 Å². The monoisotopic (exact) mass is 331 g/mol. The predicted molar refractivity (Wildman–Crippen MR) is 89.9 cm³/mol. The van der Waals surface area contributed by atoms with Gasteiger partial charge < -0.3 is 14.6 Å². The van der Waals surface area contributed by atoms with Crippen LogP contribution in [0.3, 0.4) is 0 Å². The zero-order valence-corrected chi connectivity index (χ0v) is 14.7. The summed E-state index contributed by atoms with van der Waals surface area (Å²) in [6, 6.07) is 1.72. The van der Waals surface area contributed by atoms with E-state index in [-0.39, 0.29) is 17.9 Å². The molecule has 1 N–H and O–H groups in total. The number of aromatic nitrogens is 4. The van der Waals surface area contributed by atoms with Gasteiger partial charge in [0.2, 0.25) is 0 Å². The summed E-state index contributed by atoms with van der Waals surface area (Å²) < 4.78 is 7.38. The minimum Gasteiger partial charge on any atom is -0.377 e. The molecule has 2 aromatic heterocycles. The molecule has 24 heavy (non-hydrogen) atoms. The lowest BCUT2D eigenvalue weighted by Gasteiger charge is -2.34. The molecule has 1 saturated heterocycles. The van der Waals surface area contributed by atoms with Crippen molar-refractivity contribution in [3.8, 4) is 0 Å². The highest BCUT2D eigenvalue weighted by molar-refractivity contribution is 5.93. The number of rotatable bonds is 4. The van der Waals surface area contributed by atoms with Gasteiger partial charge in [-0.25, -0.2) is 4.98 Å². The first-order valence-corrected chi connectivity index (χ1v) is 8.49. The van der Waals surface area contributed by atoms with Crippen LogP contribution in [-0.2, 0) is 11.3 Å². The molecule has 3 rings (SSSR count). The van der Waals surface area contributed by atoms with Gasteiger partial charge in [0.1, 0.15) is 17.6 Å². The van der Waals surface area contributed by atoms with Crippen LogP contribution in [-0.4, -0.2) is 50.3 Å². The molecule has 130 valence electrons. The number of aromatic amines is 1. The molecule has 0 saturated carbocycles. The molecule has 0 aromatic carbocycles. The third-order valence-electron chi connectivity index (χ3n) is 4.34. The van der Waals surface area contributed by atoms with E-state index in [0.29, 0.717) is 32.0 Å². The standard InChI is InChI=1S/C17H25N5O2/c1-5-22-14(8-13(20-22)11(2)3)17(23)21-6-7-24-10-15(21)16-18-9-12(4)19-16/h8-9,11,15H,5-7,10H2,1-4H3,(H,18,19)/t15-/m0/s1. The number of nitrogens with one attached hydrogen (secondary N) is 1. The van der Waals surface area contributed by atoms with E-state index in [1.807, 2.05) is 24.8 Å². The van der Waals surface area contributed by atoms with Gasteiger partial charge in [0.25, 0.3) is 5.91 Å². The fourth-order valence-corrected chi connectivity index (χ4v) is 2.95. The Hall–Kier alpha value is -2.15. The highest BCUT2D eigenvalue weighted by Crippen LogP contribution is 2.25. The Kier molecular flexibility index (Phi) is 4.71. The maximum absolute atomic E-state index is 13.2. The van der Waals surface area contributed by atoms with Gasteiger partial charge in [0.05, 0.1) is 18.9 Å². The lowest BCUT2D eigenvalue weighted by molar-refractivity contribution is -0.00562. The first-order chi connectivity index (χ1) is 11.5. The third kappa shape index (κ3) is 3.08. The highest BCUT2D eigenvalue weighted by atomic mass is 16.5. The molecule has 1 aliphatic rings.